The first kappa shape index (κ1) is 15.4. The van der Waals surface area contributed by atoms with E-state index in [2.05, 4.69) is 15.0 Å². The van der Waals surface area contributed by atoms with E-state index in [4.69, 9.17) is 0 Å². The van der Waals surface area contributed by atoms with Crippen molar-refractivity contribution < 1.29 is 9.53 Å². The lowest BCUT2D eigenvalue weighted by Gasteiger charge is -2.25. The predicted octanol–water partition coefficient (Wildman–Crippen LogP) is -0.194. The van der Waals surface area contributed by atoms with Crippen molar-refractivity contribution in [1.29, 1.82) is 0 Å². The predicted molar refractivity (Wildman–Crippen MR) is 83.7 cm³/mol. The van der Waals surface area contributed by atoms with Crippen molar-refractivity contribution in [3.8, 4) is 0 Å². The minimum absolute atomic E-state index is 0.0726. The Morgan fingerprint density at radius 1 is 1.30 bits per heavy atom. The smallest absolute Gasteiger partial charge is 0.339 e. The van der Waals surface area contributed by atoms with Gasteiger partial charge in [-0.3, -0.25) is 14.2 Å². The molecule has 3 rings (SSSR count). The monoisotopic (exact) mass is 318 g/mol. The van der Waals surface area contributed by atoms with Crippen LogP contribution in [0, 0.1) is 0 Å². The van der Waals surface area contributed by atoms with Gasteiger partial charge in [-0.25, -0.2) is 9.78 Å². The third-order valence-electron chi connectivity index (χ3n) is 4.24. The van der Waals surface area contributed by atoms with E-state index in [0.29, 0.717) is 11.2 Å². The normalized spacial score (nSPS) is 15.7. The second kappa shape index (κ2) is 5.96. The fourth-order valence-corrected chi connectivity index (χ4v) is 2.96. The van der Waals surface area contributed by atoms with Gasteiger partial charge in [-0.2, -0.15) is 0 Å². The number of rotatable bonds is 2. The molecule has 0 amide bonds. The summed E-state index contributed by atoms with van der Waals surface area (Å²) in [4.78, 5) is 40.7. The summed E-state index contributed by atoms with van der Waals surface area (Å²) in [5, 5.41) is 3.23. The van der Waals surface area contributed by atoms with Crippen LogP contribution in [0.4, 0.5) is 0 Å². The standard InChI is InChI=1S/C15H18N4O4/c1-18-11-7-9(15(22)23-2)8-17-12(11)19(14(21)13(18)20)10-3-5-16-6-4-10/h7-8,10,16H,3-6H2,1-2H3. The van der Waals surface area contributed by atoms with Crippen molar-refractivity contribution in [2.45, 2.75) is 18.9 Å². The van der Waals surface area contributed by atoms with Crippen LogP contribution in [0.15, 0.2) is 21.9 Å². The number of methoxy groups -OCH3 is 1. The van der Waals surface area contributed by atoms with E-state index in [1.54, 1.807) is 0 Å². The zero-order valence-corrected chi connectivity index (χ0v) is 13.0. The van der Waals surface area contributed by atoms with Crippen LogP contribution in [0.3, 0.4) is 0 Å². The second-order valence-corrected chi connectivity index (χ2v) is 5.58. The van der Waals surface area contributed by atoms with Gasteiger partial charge in [0.15, 0.2) is 5.65 Å². The molecule has 3 heterocycles. The van der Waals surface area contributed by atoms with Gasteiger partial charge in [-0.05, 0) is 32.0 Å². The minimum Gasteiger partial charge on any atom is -0.465 e. The Morgan fingerprint density at radius 2 is 2.00 bits per heavy atom. The maximum Gasteiger partial charge on any atom is 0.339 e. The van der Waals surface area contributed by atoms with Gasteiger partial charge in [-0.15, -0.1) is 0 Å². The average molecular weight is 318 g/mol. The van der Waals surface area contributed by atoms with Crippen molar-refractivity contribution in [3.63, 3.8) is 0 Å². The number of carbonyl (C=O) groups excluding carboxylic acids is 1. The van der Waals surface area contributed by atoms with E-state index in [1.807, 2.05) is 0 Å². The number of nitrogens with zero attached hydrogens (tertiary/aromatic N) is 3. The molecule has 0 aliphatic carbocycles. The van der Waals surface area contributed by atoms with Gasteiger partial charge < -0.3 is 14.6 Å². The molecule has 2 aromatic rings. The van der Waals surface area contributed by atoms with E-state index in [0.717, 1.165) is 25.9 Å². The zero-order valence-electron chi connectivity index (χ0n) is 13.0. The maximum absolute atomic E-state index is 12.5. The molecule has 1 saturated heterocycles. The van der Waals surface area contributed by atoms with Gasteiger partial charge >= 0.3 is 17.1 Å². The quantitative estimate of drug-likeness (QED) is 0.609. The Balaban J connectivity index is 2.29. The summed E-state index contributed by atoms with van der Waals surface area (Å²) in [7, 11) is 2.78. The van der Waals surface area contributed by atoms with Gasteiger partial charge in [-0.1, -0.05) is 0 Å². The topological polar surface area (TPSA) is 95.2 Å². The van der Waals surface area contributed by atoms with Crippen molar-refractivity contribution >= 4 is 17.1 Å². The number of nitrogens with one attached hydrogen (secondary N) is 1. The van der Waals surface area contributed by atoms with E-state index in [9.17, 15) is 14.4 Å². The SMILES string of the molecule is COC(=O)c1cnc2c(c1)n(C)c(=O)c(=O)n2C1CCNCC1. The maximum atomic E-state index is 12.5. The molecule has 0 bridgehead atoms. The second-order valence-electron chi connectivity index (χ2n) is 5.58. The Morgan fingerprint density at radius 3 is 2.65 bits per heavy atom. The van der Waals surface area contributed by atoms with Gasteiger partial charge in [0.2, 0.25) is 0 Å². The Labute approximate surface area is 131 Å². The van der Waals surface area contributed by atoms with Crippen LogP contribution >= 0.6 is 0 Å². The molecule has 122 valence electrons. The Hall–Kier alpha value is -2.48. The van der Waals surface area contributed by atoms with Crippen LogP contribution in [0.1, 0.15) is 29.2 Å². The summed E-state index contributed by atoms with van der Waals surface area (Å²) in [6.07, 6.45) is 2.88. The number of hydrogen-bond acceptors (Lipinski definition) is 6. The number of aromatic nitrogens is 3. The molecule has 0 saturated carbocycles. The molecular weight excluding hydrogens is 300 g/mol. The van der Waals surface area contributed by atoms with Crippen LogP contribution in [-0.2, 0) is 11.8 Å². The molecule has 8 nitrogen and oxygen atoms in total. The summed E-state index contributed by atoms with van der Waals surface area (Å²) in [5.74, 6) is -0.536. The van der Waals surface area contributed by atoms with Crippen LogP contribution in [0.5, 0.6) is 0 Å². The molecule has 8 heteroatoms. The molecule has 0 radical (unpaired) electrons. The zero-order chi connectivity index (χ0) is 16.6. The molecule has 0 aromatic carbocycles. The molecule has 1 aliphatic rings. The van der Waals surface area contributed by atoms with E-state index < -0.39 is 17.1 Å². The van der Waals surface area contributed by atoms with Gasteiger partial charge in [0.25, 0.3) is 0 Å². The number of ether oxygens (including phenoxy) is 1. The summed E-state index contributed by atoms with van der Waals surface area (Å²) >= 11 is 0. The highest BCUT2D eigenvalue weighted by molar-refractivity contribution is 5.92. The first-order chi connectivity index (χ1) is 11.0. The van der Waals surface area contributed by atoms with Gasteiger partial charge in [0.1, 0.15) is 0 Å². The summed E-state index contributed by atoms with van der Waals surface area (Å²) < 4.78 is 7.39. The number of esters is 1. The average Bonchev–Trinajstić information content (AvgIpc) is 2.60. The lowest BCUT2D eigenvalue weighted by atomic mass is 10.1. The first-order valence-electron chi connectivity index (χ1n) is 7.45. The van der Waals surface area contributed by atoms with Crippen LogP contribution in [0.25, 0.3) is 11.2 Å². The number of pyridine rings is 1. The Bertz CT molecular complexity index is 877. The number of fused-ring (bicyclic) bond motifs is 1. The molecule has 1 aliphatic heterocycles. The minimum atomic E-state index is -0.625. The van der Waals surface area contributed by atoms with E-state index in [1.165, 1.54) is 35.6 Å². The van der Waals surface area contributed by atoms with Crippen LogP contribution < -0.4 is 16.4 Å². The largest absolute Gasteiger partial charge is 0.465 e. The number of piperidine rings is 1. The van der Waals surface area contributed by atoms with Crippen LogP contribution in [0.2, 0.25) is 0 Å². The molecule has 0 atom stereocenters. The Kier molecular flexibility index (Phi) is 3.99. The van der Waals surface area contributed by atoms with E-state index >= 15 is 0 Å². The van der Waals surface area contributed by atoms with Crippen molar-refractivity contribution in [1.82, 2.24) is 19.4 Å². The van der Waals surface area contributed by atoms with Crippen molar-refractivity contribution in [2.75, 3.05) is 20.2 Å². The van der Waals surface area contributed by atoms with Crippen molar-refractivity contribution in [3.05, 3.63) is 38.5 Å². The highest BCUT2D eigenvalue weighted by Gasteiger charge is 2.22. The highest BCUT2D eigenvalue weighted by Crippen LogP contribution is 2.20. The third-order valence-corrected chi connectivity index (χ3v) is 4.24. The molecule has 1 fully saturated rings. The van der Waals surface area contributed by atoms with Gasteiger partial charge in [0, 0.05) is 19.3 Å². The third kappa shape index (κ3) is 2.55. The number of aryl methyl sites for hydroxylation is 1. The molecule has 23 heavy (non-hydrogen) atoms. The fourth-order valence-electron chi connectivity index (χ4n) is 2.96. The molecule has 0 unspecified atom stereocenters. The first-order valence-corrected chi connectivity index (χ1v) is 7.45. The van der Waals surface area contributed by atoms with Crippen LogP contribution in [-0.4, -0.2) is 40.3 Å². The lowest BCUT2D eigenvalue weighted by Crippen LogP contribution is -2.44. The molecule has 1 N–H and O–H groups in total. The summed E-state index contributed by atoms with van der Waals surface area (Å²) in [5.41, 5.74) is -0.108. The summed E-state index contributed by atoms with van der Waals surface area (Å²) in [6, 6.07) is 1.46. The molecule has 2 aromatic heterocycles. The molecular formula is C15H18N4O4. The van der Waals surface area contributed by atoms with Gasteiger partial charge in [0.05, 0.1) is 18.2 Å². The van der Waals surface area contributed by atoms with Crippen molar-refractivity contribution in [2.24, 2.45) is 7.05 Å². The number of carbonyl (C=O) groups is 1. The highest BCUT2D eigenvalue weighted by atomic mass is 16.5. The van der Waals surface area contributed by atoms with E-state index in [-0.39, 0.29) is 11.6 Å². The lowest BCUT2D eigenvalue weighted by molar-refractivity contribution is 0.0600. The number of hydrogen-bond donors (Lipinski definition) is 1. The molecule has 0 spiro atoms. The summed E-state index contributed by atoms with van der Waals surface area (Å²) in [6.45, 7) is 1.57. The fraction of sp³-hybridized carbons (Fsp3) is 0.467.